The van der Waals surface area contributed by atoms with Gasteiger partial charge in [-0.3, -0.25) is 14.5 Å². The van der Waals surface area contributed by atoms with E-state index in [4.69, 9.17) is 9.72 Å². The summed E-state index contributed by atoms with van der Waals surface area (Å²) in [7, 11) is 0. The molecule has 7 nitrogen and oxygen atoms in total. The average Bonchev–Trinajstić information content (AvgIpc) is 3.22. The van der Waals surface area contributed by atoms with Gasteiger partial charge in [0.15, 0.2) is 6.61 Å². The summed E-state index contributed by atoms with van der Waals surface area (Å²) in [5.74, 6) is 1.44. The lowest BCUT2D eigenvalue weighted by molar-refractivity contribution is -0.135. The van der Waals surface area contributed by atoms with Gasteiger partial charge in [-0.15, -0.1) is 11.3 Å². The molecule has 1 aliphatic carbocycles. The Labute approximate surface area is 197 Å². The van der Waals surface area contributed by atoms with Gasteiger partial charge in [0.25, 0.3) is 11.5 Å². The first kappa shape index (κ1) is 22.1. The minimum atomic E-state index is -0.00710. The number of aryl methyl sites for hydroxylation is 3. The highest BCUT2D eigenvalue weighted by Crippen LogP contribution is 2.33. The number of rotatable bonds is 6. The number of aromatic amines is 1. The van der Waals surface area contributed by atoms with E-state index in [0.717, 1.165) is 54.7 Å². The maximum Gasteiger partial charge on any atom is 0.260 e. The SMILES string of the molecule is CCc1ccc(OCC(=O)N2CCN(Cc3nc4sc5c(c4c(=O)[nH]3)CCCC5)CC2)cc1. The molecule has 0 radical (unpaired) electrons. The summed E-state index contributed by atoms with van der Waals surface area (Å²) >= 11 is 1.68. The molecule has 0 saturated carbocycles. The van der Waals surface area contributed by atoms with E-state index < -0.39 is 0 Å². The summed E-state index contributed by atoms with van der Waals surface area (Å²) in [4.78, 5) is 39.4. The Morgan fingerprint density at radius 3 is 2.64 bits per heavy atom. The van der Waals surface area contributed by atoms with E-state index in [2.05, 4.69) is 16.8 Å². The molecule has 33 heavy (non-hydrogen) atoms. The third-order valence-electron chi connectivity index (χ3n) is 6.67. The van der Waals surface area contributed by atoms with Crippen molar-refractivity contribution < 1.29 is 9.53 Å². The molecule has 3 aromatic rings. The highest BCUT2D eigenvalue weighted by atomic mass is 32.1. The fourth-order valence-electron chi connectivity index (χ4n) is 4.71. The highest BCUT2D eigenvalue weighted by Gasteiger charge is 2.23. The molecule has 1 N–H and O–H groups in total. The van der Waals surface area contributed by atoms with Crippen molar-refractivity contribution in [2.24, 2.45) is 0 Å². The summed E-state index contributed by atoms with van der Waals surface area (Å²) in [6.07, 6.45) is 5.39. The molecule has 0 unspecified atom stereocenters. The van der Waals surface area contributed by atoms with Crippen molar-refractivity contribution in [2.75, 3.05) is 32.8 Å². The summed E-state index contributed by atoms with van der Waals surface area (Å²) in [5, 5.41) is 0.804. The van der Waals surface area contributed by atoms with Crippen molar-refractivity contribution in [3.05, 3.63) is 56.4 Å². The van der Waals surface area contributed by atoms with E-state index in [-0.39, 0.29) is 18.1 Å². The zero-order chi connectivity index (χ0) is 22.8. The van der Waals surface area contributed by atoms with Gasteiger partial charge < -0.3 is 14.6 Å². The molecule has 2 aromatic heterocycles. The van der Waals surface area contributed by atoms with E-state index in [0.29, 0.717) is 25.5 Å². The maximum absolute atomic E-state index is 12.8. The van der Waals surface area contributed by atoms with Crippen molar-refractivity contribution >= 4 is 27.5 Å². The Bertz CT molecular complexity index is 1190. The maximum atomic E-state index is 12.8. The highest BCUT2D eigenvalue weighted by molar-refractivity contribution is 7.18. The fourth-order valence-corrected chi connectivity index (χ4v) is 5.99. The zero-order valence-electron chi connectivity index (χ0n) is 19.1. The number of benzene rings is 1. The molecule has 0 bridgehead atoms. The van der Waals surface area contributed by atoms with Crippen LogP contribution in [0.25, 0.3) is 10.2 Å². The smallest absolute Gasteiger partial charge is 0.260 e. The Balaban J connectivity index is 1.15. The average molecular weight is 467 g/mol. The van der Waals surface area contributed by atoms with Crippen molar-refractivity contribution in [1.82, 2.24) is 19.8 Å². The number of hydrogen-bond donors (Lipinski definition) is 1. The Hall–Kier alpha value is -2.71. The molecule has 3 heterocycles. The van der Waals surface area contributed by atoms with Crippen molar-refractivity contribution in [3.8, 4) is 5.75 Å². The molecule has 1 fully saturated rings. The number of H-pyrrole nitrogens is 1. The first-order valence-corrected chi connectivity index (χ1v) is 12.7. The summed E-state index contributed by atoms with van der Waals surface area (Å²) in [6.45, 7) is 5.56. The standard InChI is InChI=1S/C25H30N4O3S/c1-2-17-7-9-18(10-8-17)32-16-22(30)29-13-11-28(12-14-29)15-21-26-24(31)23-19-5-3-4-6-20(19)33-25(23)27-21/h7-10H,2-6,11-16H2,1H3,(H,26,27,31). The summed E-state index contributed by atoms with van der Waals surface area (Å²) < 4.78 is 5.68. The number of carbonyl (C=O) groups excluding carboxylic acids is 1. The molecule has 1 amide bonds. The lowest BCUT2D eigenvalue weighted by Crippen LogP contribution is -2.49. The number of hydrogen-bond acceptors (Lipinski definition) is 6. The largest absolute Gasteiger partial charge is 0.484 e. The Morgan fingerprint density at radius 1 is 1.12 bits per heavy atom. The zero-order valence-corrected chi connectivity index (χ0v) is 19.9. The third-order valence-corrected chi connectivity index (χ3v) is 7.85. The van der Waals surface area contributed by atoms with Crippen LogP contribution in [0.1, 0.15) is 41.6 Å². The van der Waals surface area contributed by atoms with E-state index in [1.807, 2.05) is 29.2 Å². The molecule has 1 aliphatic heterocycles. The van der Waals surface area contributed by atoms with Gasteiger partial charge in [-0.05, 0) is 55.4 Å². The molecule has 8 heteroatoms. The van der Waals surface area contributed by atoms with Crippen LogP contribution < -0.4 is 10.3 Å². The number of nitrogens with zero attached hydrogens (tertiary/aromatic N) is 3. The van der Waals surface area contributed by atoms with Crippen LogP contribution in [-0.2, 0) is 30.6 Å². The molecule has 174 valence electrons. The van der Waals surface area contributed by atoms with Crippen LogP contribution in [0.2, 0.25) is 0 Å². The van der Waals surface area contributed by atoms with Crippen molar-refractivity contribution in [2.45, 2.75) is 45.6 Å². The van der Waals surface area contributed by atoms with Crippen LogP contribution in [0, 0.1) is 0 Å². The van der Waals surface area contributed by atoms with Gasteiger partial charge in [0.1, 0.15) is 16.4 Å². The van der Waals surface area contributed by atoms with E-state index in [1.165, 1.54) is 22.4 Å². The number of piperazine rings is 1. The monoisotopic (exact) mass is 466 g/mol. The minimum Gasteiger partial charge on any atom is -0.484 e. The second kappa shape index (κ2) is 9.65. The molecule has 1 aromatic carbocycles. The molecule has 1 saturated heterocycles. The van der Waals surface area contributed by atoms with Crippen molar-refractivity contribution in [1.29, 1.82) is 0 Å². The topological polar surface area (TPSA) is 78.5 Å². The van der Waals surface area contributed by atoms with Gasteiger partial charge in [-0.2, -0.15) is 0 Å². The first-order chi connectivity index (χ1) is 16.1. The van der Waals surface area contributed by atoms with Gasteiger partial charge >= 0.3 is 0 Å². The molecule has 2 aliphatic rings. The number of carbonyl (C=O) groups is 1. The van der Waals surface area contributed by atoms with E-state index in [9.17, 15) is 9.59 Å². The van der Waals surface area contributed by atoms with Crippen LogP contribution in [0.15, 0.2) is 29.1 Å². The molecule has 0 atom stereocenters. The number of aromatic nitrogens is 2. The number of amides is 1. The van der Waals surface area contributed by atoms with Crippen LogP contribution in [0.3, 0.4) is 0 Å². The molecular formula is C25H30N4O3S. The molecule has 0 spiro atoms. The molecular weight excluding hydrogens is 436 g/mol. The van der Waals surface area contributed by atoms with Crippen LogP contribution in [0.5, 0.6) is 5.75 Å². The lowest BCUT2D eigenvalue weighted by atomic mass is 9.97. The predicted molar refractivity (Wildman–Crippen MR) is 130 cm³/mol. The molecule has 5 rings (SSSR count). The Kier molecular flexibility index (Phi) is 6.46. The normalized spacial score (nSPS) is 16.7. The number of fused-ring (bicyclic) bond motifs is 3. The predicted octanol–water partition coefficient (Wildman–Crippen LogP) is 3.15. The number of thiophene rings is 1. The third kappa shape index (κ3) is 4.82. The second-order valence-corrected chi connectivity index (χ2v) is 9.93. The van der Waals surface area contributed by atoms with Crippen LogP contribution >= 0.6 is 11.3 Å². The van der Waals surface area contributed by atoms with Crippen LogP contribution in [0.4, 0.5) is 0 Å². The van der Waals surface area contributed by atoms with Crippen LogP contribution in [-0.4, -0.2) is 58.5 Å². The number of nitrogens with one attached hydrogen (secondary N) is 1. The van der Waals surface area contributed by atoms with Gasteiger partial charge in [0.05, 0.1) is 11.9 Å². The van der Waals surface area contributed by atoms with E-state index >= 15 is 0 Å². The van der Waals surface area contributed by atoms with Crippen molar-refractivity contribution in [3.63, 3.8) is 0 Å². The fraction of sp³-hybridized carbons (Fsp3) is 0.480. The first-order valence-electron chi connectivity index (χ1n) is 11.9. The van der Waals surface area contributed by atoms with Gasteiger partial charge in [-0.1, -0.05) is 19.1 Å². The quantitative estimate of drug-likeness (QED) is 0.604. The lowest BCUT2D eigenvalue weighted by Gasteiger charge is -2.34. The second-order valence-electron chi connectivity index (χ2n) is 8.85. The number of ether oxygens (including phenoxy) is 1. The van der Waals surface area contributed by atoms with Gasteiger partial charge in [-0.25, -0.2) is 4.98 Å². The van der Waals surface area contributed by atoms with Gasteiger partial charge in [0, 0.05) is 31.1 Å². The van der Waals surface area contributed by atoms with E-state index in [1.54, 1.807) is 11.3 Å². The summed E-state index contributed by atoms with van der Waals surface area (Å²) in [6, 6.07) is 7.89. The van der Waals surface area contributed by atoms with Gasteiger partial charge in [0.2, 0.25) is 0 Å². The Morgan fingerprint density at radius 2 is 1.88 bits per heavy atom. The summed E-state index contributed by atoms with van der Waals surface area (Å²) in [5.41, 5.74) is 2.46. The minimum absolute atomic E-state index is 0.00587.